The number of anilines is 3. The largest absolute Gasteiger partial charge is 0.456 e. The molecule has 0 aliphatic rings. The predicted octanol–water partition coefficient (Wildman–Crippen LogP) is 13.2. The maximum absolute atomic E-state index is 6.68. The number of nitrogens with zero attached hydrogens (tertiary/aromatic N) is 1. The first-order valence-electron chi connectivity index (χ1n) is 15.7. The van der Waals surface area contributed by atoms with Crippen LogP contribution in [0.5, 0.6) is 0 Å². The van der Waals surface area contributed by atoms with Gasteiger partial charge in [0.15, 0.2) is 11.2 Å². The molecule has 11 aromatic rings. The number of furan rings is 3. The zero-order chi connectivity index (χ0) is 30.6. The predicted molar refractivity (Wildman–Crippen MR) is 196 cm³/mol. The molecule has 0 radical (unpaired) electrons. The van der Waals surface area contributed by atoms with Gasteiger partial charge in [-0.3, -0.25) is 0 Å². The van der Waals surface area contributed by atoms with E-state index >= 15 is 0 Å². The lowest BCUT2D eigenvalue weighted by Gasteiger charge is -2.26. The van der Waals surface area contributed by atoms with Crippen molar-refractivity contribution < 1.29 is 13.3 Å². The van der Waals surface area contributed by atoms with E-state index in [1.807, 2.05) is 35.6 Å². The summed E-state index contributed by atoms with van der Waals surface area (Å²) in [5.74, 6) is 0. The highest BCUT2D eigenvalue weighted by Crippen LogP contribution is 2.51. The van der Waals surface area contributed by atoms with Gasteiger partial charge in [0.25, 0.3) is 0 Å². The van der Waals surface area contributed by atoms with Crippen LogP contribution in [0.4, 0.5) is 17.1 Å². The minimum atomic E-state index is 0.818. The summed E-state index contributed by atoms with van der Waals surface area (Å²) >= 11 is 1.82. The monoisotopic (exact) mass is 621 g/mol. The lowest BCUT2D eigenvalue weighted by Crippen LogP contribution is -2.11. The van der Waals surface area contributed by atoms with Gasteiger partial charge in [-0.25, -0.2) is 0 Å². The van der Waals surface area contributed by atoms with Crippen LogP contribution in [0.15, 0.2) is 153 Å². The molecular weight excluding hydrogens is 599 g/mol. The van der Waals surface area contributed by atoms with Crippen LogP contribution < -0.4 is 4.90 Å². The van der Waals surface area contributed by atoms with Gasteiger partial charge < -0.3 is 18.2 Å². The highest BCUT2D eigenvalue weighted by molar-refractivity contribution is 7.26. The molecule has 0 fully saturated rings. The van der Waals surface area contributed by atoms with Crippen LogP contribution >= 0.6 is 11.3 Å². The van der Waals surface area contributed by atoms with Crippen molar-refractivity contribution in [1.82, 2.24) is 0 Å². The second-order valence-electron chi connectivity index (χ2n) is 12.0. The van der Waals surface area contributed by atoms with Crippen LogP contribution in [0.25, 0.3) is 86.0 Å². The van der Waals surface area contributed by atoms with E-state index in [9.17, 15) is 0 Å². The molecule has 7 aromatic carbocycles. The van der Waals surface area contributed by atoms with Crippen molar-refractivity contribution >= 4 is 114 Å². The topological polar surface area (TPSA) is 42.7 Å². The Labute approximate surface area is 271 Å². The molecule has 47 heavy (non-hydrogen) atoms. The first-order chi connectivity index (χ1) is 23.3. The third kappa shape index (κ3) is 3.41. The van der Waals surface area contributed by atoms with Gasteiger partial charge in [-0.2, -0.15) is 0 Å². The number of thiophene rings is 1. The number of fused-ring (bicyclic) bond motifs is 13. The van der Waals surface area contributed by atoms with Crippen molar-refractivity contribution in [3.05, 3.63) is 140 Å². The molecule has 0 aliphatic carbocycles. The van der Waals surface area contributed by atoms with Gasteiger partial charge in [0, 0.05) is 47.1 Å². The summed E-state index contributed by atoms with van der Waals surface area (Å²) < 4.78 is 22.5. The molecule has 0 bridgehead atoms. The number of hydrogen-bond donors (Lipinski definition) is 0. The van der Waals surface area contributed by atoms with Crippen LogP contribution in [0.1, 0.15) is 0 Å². The summed E-state index contributed by atoms with van der Waals surface area (Å²) in [6, 6.07) is 48.5. The minimum Gasteiger partial charge on any atom is -0.456 e. The molecule has 5 heteroatoms. The Hall–Kier alpha value is -6.04. The Bertz CT molecular complexity index is 2930. The molecule has 0 amide bonds. The Kier molecular flexibility index (Phi) is 4.96. The average Bonchev–Trinajstić information content (AvgIpc) is 3.88. The molecule has 0 spiro atoms. The van der Waals surface area contributed by atoms with Crippen molar-refractivity contribution in [2.45, 2.75) is 0 Å². The summed E-state index contributed by atoms with van der Waals surface area (Å²) in [5, 5.41) is 8.98. The molecule has 220 valence electrons. The Morgan fingerprint density at radius 3 is 1.60 bits per heavy atom. The summed E-state index contributed by atoms with van der Waals surface area (Å²) in [4.78, 5) is 2.30. The van der Waals surface area contributed by atoms with Crippen LogP contribution in [0.3, 0.4) is 0 Å². The molecule has 0 atom stereocenters. The highest BCUT2D eigenvalue weighted by atomic mass is 32.1. The van der Waals surface area contributed by atoms with Crippen molar-refractivity contribution in [2.24, 2.45) is 0 Å². The number of para-hydroxylation sites is 4. The zero-order valence-corrected chi connectivity index (χ0v) is 25.7. The Morgan fingerprint density at radius 2 is 0.894 bits per heavy atom. The van der Waals surface area contributed by atoms with E-state index < -0.39 is 0 Å². The summed E-state index contributed by atoms with van der Waals surface area (Å²) in [5.41, 5.74) is 7.90. The van der Waals surface area contributed by atoms with Gasteiger partial charge >= 0.3 is 0 Å². The number of hydrogen-bond acceptors (Lipinski definition) is 5. The fourth-order valence-electron chi connectivity index (χ4n) is 7.46. The number of rotatable bonds is 3. The Morgan fingerprint density at radius 1 is 0.362 bits per heavy atom. The van der Waals surface area contributed by atoms with Gasteiger partial charge in [0.2, 0.25) is 0 Å². The van der Waals surface area contributed by atoms with Crippen LogP contribution in [0.2, 0.25) is 0 Å². The van der Waals surface area contributed by atoms with E-state index in [2.05, 4.69) is 120 Å². The molecule has 11 rings (SSSR count). The molecule has 0 N–H and O–H groups in total. The third-order valence-electron chi connectivity index (χ3n) is 9.47. The maximum Gasteiger partial charge on any atom is 0.159 e. The minimum absolute atomic E-state index is 0.818. The van der Waals surface area contributed by atoms with E-state index in [1.54, 1.807) is 0 Å². The molecule has 0 unspecified atom stereocenters. The van der Waals surface area contributed by atoms with Gasteiger partial charge in [-0.1, -0.05) is 84.9 Å². The molecule has 0 saturated heterocycles. The molecule has 0 saturated carbocycles. The summed E-state index contributed by atoms with van der Waals surface area (Å²) in [7, 11) is 0. The fourth-order valence-corrected chi connectivity index (χ4v) is 8.71. The molecule has 0 aliphatic heterocycles. The second kappa shape index (κ2) is 9.25. The lowest BCUT2D eigenvalue weighted by atomic mass is 10.0. The second-order valence-corrected chi connectivity index (χ2v) is 13.1. The van der Waals surface area contributed by atoms with Crippen LogP contribution in [-0.2, 0) is 0 Å². The van der Waals surface area contributed by atoms with Gasteiger partial charge in [0.05, 0.1) is 22.4 Å². The van der Waals surface area contributed by atoms with E-state index in [1.165, 1.54) is 20.2 Å². The van der Waals surface area contributed by atoms with E-state index in [0.29, 0.717) is 0 Å². The average molecular weight is 622 g/mol. The first kappa shape index (κ1) is 25.2. The molecule has 4 nitrogen and oxygen atoms in total. The van der Waals surface area contributed by atoms with Gasteiger partial charge in [0.1, 0.15) is 22.3 Å². The maximum atomic E-state index is 6.68. The van der Waals surface area contributed by atoms with E-state index in [-0.39, 0.29) is 0 Å². The van der Waals surface area contributed by atoms with Crippen molar-refractivity contribution in [3.8, 4) is 0 Å². The Balaban J connectivity index is 1.31. The zero-order valence-electron chi connectivity index (χ0n) is 24.9. The fraction of sp³-hybridized carbons (Fsp3) is 0. The normalized spacial score (nSPS) is 12.3. The summed E-state index contributed by atoms with van der Waals surface area (Å²) in [6.07, 6.45) is 0. The quantitative estimate of drug-likeness (QED) is 0.197. The van der Waals surface area contributed by atoms with Gasteiger partial charge in [-0.15, -0.1) is 11.3 Å². The molecular formula is C42H23NO3S. The molecule has 4 aromatic heterocycles. The smallest absolute Gasteiger partial charge is 0.159 e. The summed E-state index contributed by atoms with van der Waals surface area (Å²) in [6.45, 7) is 0. The van der Waals surface area contributed by atoms with E-state index in [0.717, 1.165) is 82.9 Å². The lowest BCUT2D eigenvalue weighted by molar-refractivity contribution is 0.665. The SMILES string of the molecule is c1ccc2c(c1)oc1c(N(c3cccc4c3oc3ccccc34)c3cccc4oc5ccc6c7ccccc7sc6c5c34)cccc12. The van der Waals surface area contributed by atoms with Crippen molar-refractivity contribution in [3.63, 3.8) is 0 Å². The first-order valence-corrected chi connectivity index (χ1v) is 16.5. The van der Waals surface area contributed by atoms with Gasteiger partial charge in [-0.05, 0) is 54.6 Å². The van der Waals surface area contributed by atoms with E-state index in [4.69, 9.17) is 13.3 Å². The van der Waals surface area contributed by atoms with Crippen LogP contribution in [-0.4, -0.2) is 0 Å². The van der Waals surface area contributed by atoms with Crippen molar-refractivity contribution in [2.75, 3.05) is 4.90 Å². The van der Waals surface area contributed by atoms with Crippen molar-refractivity contribution in [1.29, 1.82) is 0 Å². The molecule has 4 heterocycles. The standard InChI is InChI=1S/C42H23NO3S/c1-4-18-33-24(10-1)27-13-7-16-31(40(27)45-33)43(32-17-8-14-28-25-11-2-5-19-34(25)46-41(28)32)30-15-9-20-35-38(30)39-36(44-35)23-22-29-26-12-3-6-21-37(26)47-42(29)39/h1-23H. The van der Waals surface area contributed by atoms with Crippen LogP contribution in [0, 0.1) is 0 Å². The number of benzene rings is 7. The third-order valence-corrected chi connectivity index (χ3v) is 10.7. The highest BCUT2D eigenvalue weighted by Gasteiger charge is 2.27.